The van der Waals surface area contributed by atoms with Crippen LogP contribution in [-0.4, -0.2) is 18.1 Å². The second kappa shape index (κ2) is 7.76. The van der Waals surface area contributed by atoms with Crippen LogP contribution in [0.5, 0.6) is 5.75 Å². The molecule has 0 aliphatic heterocycles. The molecule has 26 heavy (non-hydrogen) atoms. The highest BCUT2D eigenvalue weighted by Gasteiger charge is 2.14. The lowest BCUT2D eigenvalue weighted by Gasteiger charge is -2.05. The van der Waals surface area contributed by atoms with Gasteiger partial charge in [-0.3, -0.25) is 0 Å². The first kappa shape index (κ1) is 18.2. The quantitative estimate of drug-likeness (QED) is 0.696. The van der Waals surface area contributed by atoms with Crippen LogP contribution < -0.4 is 15.2 Å². The Labute approximate surface area is 160 Å². The van der Waals surface area contributed by atoms with Crippen LogP contribution in [0, 0.1) is 6.92 Å². The number of anilines is 2. The van der Waals surface area contributed by atoms with E-state index in [9.17, 15) is 9.90 Å². The number of carboxylic acids is 1. The summed E-state index contributed by atoms with van der Waals surface area (Å²) in [4.78, 5) is 16.3. The number of rotatable bonds is 6. The molecule has 1 aromatic heterocycles. The summed E-state index contributed by atoms with van der Waals surface area (Å²) >= 11 is 7.44. The zero-order valence-electron chi connectivity index (χ0n) is 14.2. The number of aliphatic carboxylic acids is 1. The largest absolute Gasteiger partial charge is 0.550 e. The lowest BCUT2D eigenvalue weighted by atomic mass is 10.1. The van der Waals surface area contributed by atoms with Gasteiger partial charge in [-0.2, -0.15) is 0 Å². The number of nitrogens with one attached hydrogen (secondary N) is 1. The first-order valence-electron chi connectivity index (χ1n) is 7.83. The molecule has 0 saturated heterocycles. The average Bonchev–Trinajstić information content (AvgIpc) is 2.99. The predicted molar refractivity (Wildman–Crippen MR) is 102 cm³/mol. The lowest BCUT2D eigenvalue weighted by Crippen LogP contribution is -2.24. The maximum absolute atomic E-state index is 11.1. The van der Waals surface area contributed by atoms with Crippen molar-refractivity contribution in [1.82, 2.24) is 4.98 Å². The molecule has 0 radical (unpaired) electrons. The zero-order valence-corrected chi connectivity index (χ0v) is 15.8. The third kappa shape index (κ3) is 4.15. The van der Waals surface area contributed by atoms with Crippen LogP contribution in [0.4, 0.5) is 10.8 Å². The molecule has 0 atom stereocenters. The van der Waals surface area contributed by atoms with Gasteiger partial charge in [0.25, 0.3) is 0 Å². The van der Waals surface area contributed by atoms with Crippen LogP contribution in [0.25, 0.3) is 11.3 Å². The van der Waals surface area contributed by atoms with Crippen molar-refractivity contribution in [2.45, 2.75) is 13.3 Å². The Hall–Kier alpha value is -2.57. The van der Waals surface area contributed by atoms with Crippen LogP contribution >= 0.6 is 22.9 Å². The average molecular weight is 388 g/mol. The molecular weight excluding hydrogens is 372 g/mol. The molecule has 0 fully saturated rings. The minimum Gasteiger partial charge on any atom is -0.550 e. The maximum Gasteiger partial charge on any atom is 0.187 e. The number of carbonyl (C=O) groups excluding carboxylic acids is 1. The van der Waals surface area contributed by atoms with Crippen LogP contribution in [0.3, 0.4) is 0 Å². The number of methoxy groups -OCH3 is 1. The Balaban J connectivity index is 1.94. The van der Waals surface area contributed by atoms with Gasteiger partial charge in [-0.05, 0) is 48.9 Å². The number of carbonyl (C=O) groups is 1. The summed E-state index contributed by atoms with van der Waals surface area (Å²) in [6.07, 6.45) is -0.199. The molecule has 0 saturated carbocycles. The Morgan fingerprint density at radius 2 is 2.00 bits per heavy atom. The van der Waals surface area contributed by atoms with Crippen LogP contribution in [0.1, 0.15) is 10.4 Å². The molecular formula is C19H16ClN2O3S-. The molecule has 3 rings (SSSR count). The van der Waals surface area contributed by atoms with Gasteiger partial charge < -0.3 is 20.0 Å². The third-order valence-corrected chi connectivity index (χ3v) is 5.17. The van der Waals surface area contributed by atoms with Gasteiger partial charge >= 0.3 is 0 Å². The second-order valence-corrected chi connectivity index (χ2v) is 7.15. The van der Waals surface area contributed by atoms with Gasteiger partial charge in [-0.25, -0.2) is 4.98 Å². The van der Waals surface area contributed by atoms with E-state index in [1.807, 2.05) is 49.4 Å². The van der Waals surface area contributed by atoms with E-state index in [1.54, 1.807) is 7.11 Å². The van der Waals surface area contributed by atoms with Crippen LogP contribution in [0.2, 0.25) is 5.02 Å². The summed E-state index contributed by atoms with van der Waals surface area (Å²) in [7, 11) is 1.59. The SMILES string of the molecule is COc1ccc(-c2nc(Nc3ccc(C)c(Cl)c3)sc2CC(=O)[O-])cc1. The predicted octanol–water partition coefficient (Wildman–Crippen LogP) is 3.82. The molecule has 0 amide bonds. The van der Waals surface area contributed by atoms with Gasteiger partial charge in [-0.15, -0.1) is 11.3 Å². The van der Waals surface area contributed by atoms with Crippen LogP contribution in [-0.2, 0) is 11.2 Å². The maximum atomic E-state index is 11.1. The lowest BCUT2D eigenvalue weighted by molar-refractivity contribution is -0.304. The Bertz CT molecular complexity index is 938. The van der Waals surface area contributed by atoms with E-state index in [-0.39, 0.29) is 6.42 Å². The third-order valence-electron chi connectivity index (χ3n) is 3.79. The van der Waals surface area contributed by atoms with E-state index < -0.39 is 5.97 Å². The fraction of sp³-hybridized carbons (Fsp3) is 0.158. The van der Waals surface area contributed by atoms with Crippen molar-refractivity contribution in [3.63, 3.8) is 0 Å². The molecule has 1 heterocycles. The number of benzene rings is 2. The summed E-state index contributed by atoms with van der Waals surface area (Å²) in [5, 5.41) is 15.5. The minimum absolute atomic E-state index is 0.199. The second-order valence-electron chi connectivity index (χ2n) is 5.66. The van der Waals surface area contributed by atoms with E-state index in [4.69, 9.17) is 16.3 Å². The molecule has 0 bridgehead atoms. The molecule has 2 aromatic carbocycles. The van der Waals surface area contributed by atoms with Gasteiger partial charge in [0.2, 0.25) is 0 Å². The monoisotopic (exact) mass is 387 g/mol. The number of aromatic nitrogens is 1. The van der Waals surface area contributed by atoms with Crippen molar-refractivity contribution in [3.05, 3.63) is 57.9 Å². The molecule has 0 aliphatic carbocycles. The number of thiazole rings is 1. The van der Waals surface area contributed by atoms with E-state index in [0.717, 1.165) is 22.6 Å². The Morgan fingerprint density at radius 1 is 1.27 bits per heavy atom. The molecule has 0 aliphatic rings. The zero-order chi connectivity index (χ0) is 18.7. The fourth-order valence-corrected chi connectivity index (χ4v) is 3.59. The van der Waals surface area contributed by atoms with Gasteiger partial charge in [0, 0.05) is 33.5 Å². The Morgan fingerprint density at radius 3 is 2.62 bits per heavy atom. The van der Waals surface area contributed by atoms with Crippen molar-refractivity contribution in [2.24, 2.45) is 0 Å². The summed E-state index contributed by atoms with van der Waals surface area (Å²) < 4.78 is 5.16. The van der Waals surface area contributed by atoms with Crippen molar-refractivity contribution < 1.29 is 14.6 Å². The van der Waals surface area contributed by atoms with E-state index in [0.29, 0.717) is 20.7 Å². The molecule has 0 spiro atoms. The van der Waals surface area contributed by atoms with Crippen molar-refractivity contribution >= 4 is 39.7 Å². The topological polar surface area (TPSA) is 74.3 Å². The van der Waals surface area contributed by atoms with E-state index >= 15 is 0 Å². The summed E-state index contributed by atoms with van der Waals surface area (Å²) in [5.41, 5.74) is 3.19. The molecule has 1 N–H and O–H groups in total. The number of hydrogen-bond donors (Lipinski definition) is 1. The Kier molecular flexibility index (Phi) is 5.44. The molecule has 0 unspecified atom stereocenters. The summed E-state index contributed by atoms with van der Waals surface area (Å²) in [6.45, 7) is 1.93. The van der Waals surface area contributed by atoms with Crippen molar-refractivity contribution in [2.75, 3.05) is 12.4 Å². The molecule has 7 heteroatoms. The number of ether oxygens (including phenoxy) is 1. The standard InChI is InChI=1S/C19H17ClN2O3S/c1-11-3-6-13(9-15(11)20)21-19-22-18(16(26-19)10-17(23)24)12-4-7-14(25-2)8-5-12/h3-9H,10H2,1-2H3,(H,21,22)(H,23,24)/p-1. The number of aryl methyl sites for hydroxylation is 1. The minimum atomic E-state index is -1.15. The van der Waals surface area contributed by atoms with Gasteiger partial charge in [0.15, 0.2) is 5.13 Å². The molecule has 5 nitrogen and oxygen atoms in total. The first-order valence-corrected chi connectivity index (χ1v) is 9.03. The smallest absolute Gasteiger partial charge is 0.187 e. The summed E-state index contributed by atoms with van der Waals surface area (Å²) in [5.74, 6) is -0.425. The number of carboxylic acid groups (broad SMARTS) is 1. The highest BCUT2D eigenvalue weighted by Crippen LogP contribution is 2.34. The number of hydrogen-bond acceptors (Lipinski definition) is 6. The molecule has 3 aromatic rings. The number of halogens is 1. The highest BCUT2D eigenvalue weighted by molar-refractivity contribution is 7.16. The summed E-state index contributed by atoms with van der Waals surface area (Å²) in [6, 6.07) is 12.9. The van der Waals surface area contributed by atoms with Crippen LogP contribution in [0.15, 0.2) is 42.5 Å². The van der Waals surface area contributed by atoms with Gasteiger partial charge in [0.05, 0.1) is 12.8 Å². The van der Waals surface area contributed by atoms with Crippen molar-refractivity contribution in [1.29, 1.82) is 0 Å². The molecule has 134 valence electrons. The van der Waals surface area contributed by atoms with Crippen molar-refractivity contribution in [3.8, 4) is 17.0 Å². The highest BCUT2D eigenvalue weighted by atomic mass is 35.5. The van der Waals surface area contributed by atoms with Gasteiger partial charge in [0.1, 0.15) is 5.75 Å². The van der Waals surface area contributed by atoms with E-state index in [2.05, 4.69) is 10.3 Å². The first-order chi connectivity index (χ1) is 12.5. The fourth-order valence-electron chi connectivity index (χ4n) is 2.42. The number of nitrogens with zero attached hydrogens (tertiary/aromatic N) is 1. The normalized spacial score (nSPS) is 10.6. The van der Waals surface area contributed by atoms with E-state index in [1.165, 1.54) is 11.3 Å². The van der Waals surface area contributed by atoms with Gasteiger partial charge in [-0.1, -0.05) is 17.7 Å².